The van der Waals surface area contributed by atoms with Crippen LogP contribution in [-0.4, -0.2) is 84.7 Å². The van der Waals surface area contributed by atoms with Gasteiger partial charge >= 0.3 is 0 Å². The maximum atomic E-state index is 12.2. The summed E-state index contributed by atoms with van der Waals surface area (Å²) in [5, 5.41) is 0.884. The van der Waals surface area contributed by atoms with E-state index < -0.39 is 0 Å². The molecule has 1 amide bonds. The molecule has 1 saturated heterocycles. The van der Waals surface area contributed by atoms with Gasteiger partial charge in [-0.25, -0.2) is 9.97 Å². The van der Waals surface area contributed by atoms with Crippen molar-refractivity contribution in [2.75, 3.05) is 57.7 Å². The summed E-state index contributed by atoms with van der Waals surface area (Å²) >= 11 is 1.53. The predicted molar refractivity (Wildman–Crippen MR) is 126 cm³/mol. The Morgan fingerprint density at radius 1 is 1.09 bits per heavy atom. The first kappa shape index (κ1) is 22.1. The number of aromatic nitrogens is 4. The molecule has 0 saturated carbocycles. The van der Waals surface area contributed by atoms with E-state index in [-0.39, 0.29) is 11.9 Å². The molecule has 1 fully saturated rings. The van der Waals surface area contributed by atoms with Crippen LogP contribution in [-0.2, 0) is 4.74 Å². The molecule has 0 bridgehead atoms. The van der Waals surface area contributed by atoms with Crippen LogP contribution < -0.4 is 9.80 Å². The predicted octanol–water partition coefficient (Wildman–Crippen LogP) is 2.66. The molecule has 0 aliphatic carbocycles. The molecule has 3 heterocycles. The van der Waals surface area contributed by atoms with E-state index in [1.807, 2.05) is 31.1 Å². The van der Waals surface area contributed by atoms with Crippen LogP contribution in [0.25, 0.3) is 22.1 Å². The molecular weight excluding hydrogens is 426 g/mol. The summed E-state index contributed by atoms with van der Waals surface area (Å²) < 4.78 is 5.59. The molecule has 1 aliphatic rings. The SMILES string of the molecule is C[C@H]1COCCN1c1nc(-c2ccc(C(=O)N(C)C)cc2)nc(-c2cnc(N(C)C)s2)n1. The molecule has 3 aromatic rings. The molecule has 0 radical (unpaired) electrons. The second-order valence-electron chi connectivity index (χ2n) is 8.08. The highest BCUT2D eigenvalue weighted by molar-refractivity contribution is 7.18. The average Bonchev–Trinajstić information content (AvgIpc) is 3.29. The van der Waals surface area contributed by atoms with Gasteiger partial charge in [0.1, 0.15) is 0 Å². The first-order valence-corrected chi connectivity index (χ1v) is 11.2. The number of morpholine rings is 1. The Hall–Kier alpha value is -3.11. The zero-order valence-electron chi connectivity index (χ0n) is 18.9. The lowest BCUT2D eigenvalue weighted by Crippen LogP contribution is -2.44. The summed E-state index contributed by atoms with van der Waals surface area (Å²) in [5.74, 6) is 1.72. The molecule has 0 spiro atoms. The van der Waals surface area contributed by atoms with Crippen molar-refractivity contribution in [3.63, 3.8) is 0 Å². The summed E-state index contributed by atoms with van der Waals surface area (Å²) in [7, 11) is 7.39. The van der Waals surface area contributed by atoms with Crippen molar-refractivity contribution in [1.29, 1.82) is 0 Å². The smallest absolute Gasteiger partial charge is 0.253 e. The standard InChI is InChI=1S/C22H27N7O2S/c1-14-13-31-11-10-29(14)21-25-18(15-6-8-16(9-7-15)20(30)27(2)3)24-19(26-21)17-12-23-22(32-17)28(4)5/h6-9,12,14H,10-11,13H2,1-5H3/t14-/m0/s1. The fraction of sp³-hybridized carbons (Fsp3) is 0.409. The van der Waals surface area contributed by atoms with Crippen LogP contribution in [0.2, 0.25) is 0 Å². The summed E-state index contributed by atoms with van der Waals surface area (Å²) in [4.78, 5) is 37.6. The minimum absolute atomic E-state index is 0.0448. The van der Waals surface area contributed by atoms with Crippen LogP contribution >= 0.6 is 11.3 Å². The van der Waals surface area contributed by atoms with Crippen molar-refractivity contribution in [3.05, 3.63) is 36.0 Å². The maximum absolute atomic E-state index is 12.2. The van der Waals surface area contributed by atoms with Gasteiger partial charge in [-0.3, -0.25) is 4.79 Å². The third kappa shape index (κ3) is 4.56. The number of hydrogen-bond acceptors (Lipinski definition) is 9. The molecular formula is C22H27N7O2S. The van der Waals surface area contributed by atoms with Gasteiger partial charge in [0.15, 0.2) is 16.8 Å². The quantitative estimate of drug-likeness (QED) is 0.583. The Morgan fingerprint density at radius 2 is 1.81 bits per heavy atom. The third-order valence-corrected chi connectivity index (χ3v) is 6.30. The fourth-order valence-corrected chi connectivity index (χ4v) is 4.12. The van der Waals surface area contributed by atoms with Gasteiger partial charge in [0.25, 0.3) is 5.91 Å². The van der Waals surface area contributed by atoms with Crippen molar-refractivity contribution in [3.8, 4) is 22.1 Å². The number of hydrogen-bond donors (Lipinski definition) is 0. The van der Waals surface area contributed by atoms with Crippen molar-refractivity contribution in [1.82, 2.24) is 24.8 Å². The molecule has 1 atom stereocenters. The van der Waals surface area contributed by atoms with Gasteiger partial charge in [-0.2, -0.15) is 9.97 Å². The zero-order valence-corrected chi connectivity index (χ0v) is 19.8. The van der Waals surface area contributed by atoms with E-state index in [0.29, 0.717) is 42.9 Å². The first-order valence-electron chi connectivity index (χ1n) is 10.4. The summed E-state index contributed by atoms with van der Waals surface area (Å²) in [6, 6.07) is 7.51. The molecule has 9 nitrogen and oxygen atoms in total. The minimum Gasteiger partial charge on any atom is -0.377 e. The van der Waals surface area contributed by atoms with Crippen molar-refractivity contribution >= 4 is 28.3 Å². The molecule has 32 heavy (non-hydrogen) atoms. The van der Waals surface area contributed by atoms with E-state index in [2.05, 4.69) is 16.8 Å². The molecule has 168 valence electrons. The molecule has 0 N–H and O–H groups in total. The summed E-state index contributed by atoms with van der Waals surface area (Å²) in [6.07, 6.45) is 1.80. The van der Waals surface area contributed by atoms with Crippen molar-refractivity contribution in [2.24, 2.45) is 0 Å². The number of ether oxygens (including phenoxy) is 1. The number of benzene rings is 1. The Labute approximate surface area is 191 Å². The minimum atomic E-state index is -0.0448. The Morgan fingerprint density at radius 3 is 2.44 bits per heavy atom. The molecule has 4 rings (SSSR count). The third-order valence-electron chi connectivity index (χ3n) is 5.14. The number of anilines is 2. The lowest BCUT2D eigenvalue weighted by Gasteiger charge is -2.33. The fourth-order valence-electron chi connectivity index (χ4n) is 3.35. The van der Waals surface area contributed by atoms with Gasteiger partial charge in [-0.15, -0.1) is 0 Å². The highest BCUT2D eigenvalue weighted by Gasteiger charge is 2.24. The van der Waals surface area contributed by atoms with Crippen LogP contribution in [0.3, 0.4) is 0 Å². The van der Waals surface area contributed by atoms with Gasteiger partial charge in [-0.05, 0) is 19.1 Å². The maximum Gasteiger partial charge on any atom is 0.253 e. The Bertz CT molecular complexity index is 1100. The molecule has 10 heteroatoms. The second kappa shape index (κ2) is 9.17. The number of amides is 1. The molecule has 1 aliphatic heterocycles. The van der Waals surface area contributed by atoms with Gasteiger partial charge in [0.05, 0.1) is 30.3 Å². The number of carbonyl (C=O) groups excluding carboxylic acids is 1. The van der Waals surface area contributed by atoms with E-state index >= 15 is 0 Å². The number of carbonyl (C=O) groups is 1. The van der Waals surface area contributed by atoms with Crippen molar-refractivity contribution in [2.45, 2.75) is 13.0 Å². The van der Waals surface area contributed by atoms with Crippen LogP contribution in [0.4, 0.5) is 11.1 Å². The van der Waals surface area contributed by atoms with E-state index in [4.69, 9.17) is 19.7 Å². The Kier molecular flexibility index (Phi) is 6.33. The van der Waals surface area contributed by atoms with Crippen molar-refractivity contribution < 1.29 is 9.53 Å². The topological polar surface area (TPSA) is 87.6 Å². The van der Waals surface area contributed by atoms with Crippen LogP contribution in [0.15, 0.2) is 30.5 Å². The van der Waals surface area contributed by atoms with E-state index in [0.717, 1.165) is 15.6 Å². The normalized spacial score (nSPS) is 16.2. The molecule has 0 unspecified atom stereocenters. The number of rotatable bonds is 5. The van der Waals surface area contributed by atoms with Gasteiger partial charge in [0, 0.05) is 45.9 Å². The lowest BCUT2D eigenvalue weighted by atomic mass is 10.1. The van der Waals surface area contributed by atoms with Crippen LogP contribution in [0.5, 0.6) is 0 Å². The van der Waals surface area contributed by atoms with Gasteiger partial charge in [0.2, 0.25) is 5.95 Å². The molecule has 2 aromatic heterocycles. The number of thiazole rings is 1. The van der Waals surface area contributed by atoms with Crippen LogP contribution in [0.1, 0.15) is 17.3 Å². The monoisotopic (exact) mass is 453 g/mol. The van der Waals surface area contributed by atoms with Crippen LogP contribution in [0, 0.1) is 0 Å². The van der Waals surface area contributed by atoms with Gasteiger partial charge in [-0.1, -0.05) is 23.5 Å². The van der Waals surface area contributed by atoms with E-state index in [1.54, 1.807) is 37.3 Å². The number of nitrogens with zero attached hydrogens (tertiary/aromatic N) is 7. The first-order chi connectivity index (χ1) is 15.3. The molecule has 1 aromatic carbocycles. The van der Waals surface area contributed by atoms with E-state index in [1.165, 1.54) is 11.3 Å². The average molecular weight is 454 g/mol. The summed E-state index contributed by atoms with van der Waals surface area (Å²) in [6.45, 7) is 4.07. The van der Waals surface area contributed by atoms with E-state index in [9.17, 15) is 4.79 Å². The Balaban J connectivity index is 1.77. The lowest BCUT2D eigenvalue weighted by molar-refractivity contribution is 0.0827. The highest BCUT2D eigenvalue weighted by Crippen LogP contribution is 2.31. The van der Waals surface area contributed by atoms with Gasteiger partial charge < -0.3 is 19.4 Å². The summed E-state index contributed by atoms with van der Waals surface area (Å²) in [5.41, 5.74) is 1.44. The highest BCUT2D eigenvalue weighted by atomic mass is 32.1. The largest absolute Gasteiger partial charge is 0.377 e. The second-order valence-corrected chi connectivity index (χ2v) is 9.09. The zero-order chi connectivity index (χ0) is 22.8.